The number of nitrogens with zero attached hydrogens (tertiary/aromatic N) is 2. The zero-order valence-electron chi connectivity index (χ0n) is 9.46. The van der Waals surface area contributed by atoms with Gasteiger partial charge in [-0.15, -0.1) is 0 Å². The molecular weight excluding hydrogens is 300 g/mol. The summed E-state index contributed by atoms with van der Waals surface area (Å²) in [6.07, 6.45) is 0. The van der Waals surface area contributed by atoms with Crippen LogP contribution in [0.5, 0.6) is 0 Å². The van der Waals surface area contributed by atoms with Crippen molar-refractivity contribution in [2.45, 2.75) is 19.8 Å². The van der Waals surface area contributed by atoms with Crippen LogP contribution in [0.4, 0.5) is 0 Å². The molecule has 86 valence electrons. The molecule has 1 aromatic carbocycles. The lowest BCUT2D eigenvalue weighted by molar-refractivity contribution is 0.825. The Bertz CT molecular complexity index is 629. The number of benzene rings is 1. The second-order valence-electron chi connectivity index (χ2n) is 4.11. The number of rotatable bonds is 1. The van der Waals surface area contributed by atoms with Crippen molar-refractivity contribution in [3.05, 3.63) is 39.0 Å². The second kappa shape index (κ2) is 4.64. The highest BCUT2D eigenvalue weighted by molar-refractivity contribution is 9.10. The topological polar surface area (TPSA) is 36.7 Å². The highest BCUT2D eigenvalue weighted by Gasteiger charge is 2.15. The lowest BCUT2D eigenvalue weighted by atomic mass is 10.0. The first-order chi connectivity index (χ1) is 8.04. The third-order valence-corrected chi connectivity index (χ3v) is 3.46. The summed E-state index contributed by atoms with van der Waals surface area (Å²) in [5.74, 6) is 0.176. The molecule has 0 bridgehead atoms. The summed E-state index contributed by atoms with van der Waals surface area (Å²) in [5, 5.41) is 10.5. The van der Waals surface area contributed by atoms with Gasteiger partial charge in [0.2, 0.25) is 0 Å². The minimum Gasteiger partial charge on any atom is -0.251 e. The molecule has 0 radical (unpaired) electrons. The molecular formula is C13H10BrClN2. The third kappa shape index (κ3) is 2.15. The first-order valence-electron chi connectivity index (χ1n) is 5.23. The molecule has 0 amide bonds. The van der Waals surface area contributed by atoms with E-state index in [4.69, 9.17) is 11.6 Å². The van der Waals surface area contributed by atoms with Crippen LogP contribution in [0.25, 0.3) is 10.9 Å². The van der Waals surface area contributed by atoms with Crippen LogP contribution >= 0.6 is 27.5 Å². The Kier molecular flexibility index (Phi) is 3.37. The summed E-state index contributed by atoms with van der Waals surface area (Å²) < 4.78 is 0.926. The van der Waals surface area contributed by atoms with Gasteiger partial charge >= 0.3 is 0 Å². The highest BCUT2D eigenvalue weighted by Crippen LogP contribution is 2.32. The molecule has 1 heterocycles. The number of nitriles is 1. The average molecular weight is 310 g/mol. The van der Waals surface area contributed by atoms with Gasteiger partial charge in [-0.3, -0.25) is 4.98 Å². The first kappa shape index (κ1) is 12.3. The minimum absolute atomic E-state index is 0.176. The van der Waals surface area contributed by atoms with Crippen LogP contribution in [-0.4, -0.2) is 4.98 Å². The molecule has 0 atom stereocenters. The van der Waals surface area contributed by atoms with E-state index in [1.165, 1.54) is 0 Å². The van der Waals surface area contributed by atoms with Crippen molar-refractivity contribution < 1.29 is 0 Å². The fourth-order valence-corrected chi connectivity index (χ4v) is 2.39. The second-order valence-corrected chi connectivity index (χ2v) is 5.41. The Balaban J connectivity index is 2.89. The normalized spacial score (nSPS) is 10.8. The van der Waals surface area contributed by atoms with Gasteiger partial charge in [0.05, 0.1) is 21.8 Å². The SMILES string of the molecule is CC(C)c1nc2ccc(Br)cc2c(Cl)c1C#N. The number of pyridine rings is 1. The van der Waals surface area contributed by atoms with Crippen molar-refractivity contribution in [1.29, 1.82) is 5.26 Å². The predicted molar refractivity (Wildman–Crippen MR) is 73.3 cm³/mol. The fraction of sp³-hybridized carbons (Fsp3) is 0.231. The lowest BCUT2D eigenvalue weighted by Gasteiger charge is -2.11. The molecule has 0 saturated heterocycles. The molecule has 0 saturated carbocycles. The number of halogens is 2. The monoisotopic (exact) mass is 308 g/mol. The molecule has 0 aliphatic heterocycles. The quantitative estimate of drug-likeness (QED) is 0.769. The maximum Gasteiger partial charge on any atom is 0.103 e. The molecule has 0 aliphatic carbocycles. The zero-order valence-corrected chi connectivity index (χ0v) is 11.8. The van der Waals surface area contributed by atoms with Crippen LogP contribution < -0.4 is 0 Å². The Morgan fingerprint density at radius 3 is 2.71 bits per heavy atom. The maximum atomic E-state index is 9.19. The third-order valence-electron chi connectivity index (χ3n) is 2.57. The largest absolute Gasteiger partial charge is 0.251 e. The fourth-order valence-electron chi connectivity index (χ4n) is 1.74. The van der Waals surface area contributed by atoms with E-state index in [0.29, 0.717) is 10.6 Å². The van der Waals surface area contributed by atoms with E-state index in [-0.39, 0.29) is 5.92 Å². The smallest absolute Gasteiger partial charge is 0.103 e. The summed E-state index contributed by atoms with van der Waals surface area (Å²) in [7, 11) is 0. The number of fused-ring (bicyclic) bond motifs is 1. The summed E-state index contributed by atoms with van der Waals surface area (Å²) in [6.45, 7) is 4.01. The van der Waals surface area contributed by atoms with Gasteiger partial charge in [-0.05, 0) is 24.1 Å². The highest BCUT2D eigenvalue weighted by atomic mass is 79.9. The van der Waals surface area contributed by atoms with Gasteiger partial charge < -0.3 is 0 Å². The summed E-state index contributed by atoms with van der Waals surface area (Å²) in [6, 6.07) is 7.85. The average Bonchev–Trinajstić information content (AvgIpc) is 2.29. The number of aromatic nitrogens is 1. The number of hydrogen-bond acceptors (Lipinski definition) is 2. The molecule has 1 aromatic heterocycles. The van der Waals surface area contributed by atoms with Gasteiger partial charge in [0.25, 0.3) is 0 Å². The van der Waals surface area contributed by atoms with Gasteiger partial charge in [0, 0.05) is 9.86 Å². The lowest BCUT2D eigenvalue weighted by Crippen LogP contribution is -1.99. The van der Waals surface area contributed by atoms with E-state index in [2.05, 4.69) is 27.0 Å². The Morgan fingerprint density at radius 2 is 2.12 bits per heavy atom. The van der Waals surface area contributed by atoms with Crippen LogP contribution in [0.15, 0.2) is 22.7 Å². The van der Waals surface area contributed by atoms with E-state index in [1.54, 1.807) is 0 Å². The maximum absolute atomic E-state index is 9.19. The van der Waals surface area contributed by atoms with Crippen LogP contribution in [0.3, 0.4) is 0 Å². The van der Waals surface area contributed by atoms with Crippen molar-refractivity contribution in [3.63, 3.8) is 0 Å². The van der Waals surface area contributed by atoms with E-state index < -0.39 is 0 Å². The van der Waals surface area contributed by atoms with Crippen molar-refractivity contribution in [2.75, 3.05) is 0 Å². The number of hydrogen-bond donors (Lipinski definition) is 0. The van der Waals surface area contributed by atoms with E-state index in [0.717, 1.165) is 21.1 Å². The van der Waals surface area contributed by atoms with Gasteiger partial charge in [-0.25, -0.2) is 0 Å². The standard InChI is InChI=1S/C13H10BrClN2/c1-7(2)13-10(6-16)12(15)9-5-8(14)3-4-11(9)17-13/h3-5,7H,1-2H3. The summed E-state index contributed by atoms with van der Waals surface area (Å²) in [4.78, 5) is 4.52. The van der Waals surface area contributed by atoms with E-state index in [1.807, 2.05) is 32.0 Å². The van der Waals surface area contributed by atoms with Gasteiger partial charge in [-0.2, -0.15) is 5.26 Å². The van der Waals surface area contributed by atoms with Crippen LogP contribution in [0.1, 0.15) is 31.0 Å². The van der Waals surface area contributed by atoms with Crippen molar-refractivity contribution in [2.24, 2.45) is 0 Å². The molecule has 2 nitrogen and oxygen atoms in total. The molecule has 0 aliphatic rings. The molecule has 17 heavy (non-hydrogen) atoms. The Hall–Kier alpha value is -1.11. The summed E-state index contributed by atoms with van der Waals surface area (Å²) >= 11 is 9.67. The Morgan fingerprint density at radius 1 is 1.41 bits per heavy atom. The molecule has 0 N–H and O–H groups in total. The summed E-state index contributed by atoms with van der Waals surface area (Å²) in [5.41, 5.74) is 2.06. The van der Waals surface area contributed by atoms with Crippen molar-refractivity contribution in [1.82, 2.24) is 4.98 Å². The molecule has 0 spiro atoms. The molecule has 4 heteroatoms. The van der Waals surface area contributed by atoms with E-state index in [9.17, 15) is 5.26 Å². The minimum atomic E-state index is 0.176. The van der Waals surface area contributed by atoms with E-state index >= 15 is 0 Å². The molecule has 0 unspecified atom stereocenters. The van der Waals surface area contributed by atoms with Crippen LogP contribution in [0, 0.1) is 11.3 Å². The van der Waals surface area contributed by atoms with Crippen LogP contribution in [0.2, 0.25) is 5.02 Å². The van der Waals surface area contributed by atoms with Gasteiger partial charge in [-0.1, -0.05) is 41.4 Å². The molecule has 2 aromatic rings. The predicted octanol–water partition coefficient (Wildman–Crippen LogP) is 4.65. The zero-order chi connectivity index (χ0) is 12.6. The van der Waals surface area contributed by atoms with Gasteiger partial charge in [0.15, 0.2) is 0 Å². The molecule has 2 rings (SSSR count). The first-order valence-corrected chi connectivity index (χ1v) is 6.40. The van der Waals surface area contributed by atoms with Gasteiger partial charge in [0.1, 0.15) is 6.07 Å². The van der Waals surface area contributed by atoms with Crippen LogP contribution in [-0.2, 0) is 0 Å². The van der Waals surface area contributed by atoms with Crippen molar-refractivity contribution in [3.8, 4) is 6.07 Å². The Labute approximate surface area is 113 Å². The van der Waals surface area contributed by atoms with Crippen molar-refractivity contribution >= 4 is 38.4 Å². The molecule has 0 fully saturated rings.